The third-order valence-corrected chi connectivity index (χ3v) is 5.62. The fourth-order valence-electron chi connectivity index (χ4n) is 4.10. The maximum absolute atomic E-state index is 13.2. The Morgan fingerprint density at radius 1 is 1.20 bits per heavy atom. The normalized spacial score (nSPS) is 13.6. The van der Waals surface area contributed by atoms with E-state index in [1.807, 2.05) is 46.5 Å². The molecule has 1 aliphatic rings. The quantitative estimate of drug-likeness (QED) is 0.566. The van der Waals surface area contributed by atoms with Crippen LogP contribution in [0.2, 0.25) is 0 Å². The number of carbonyl (C=O) groups excluding carboxylic acids is 1. The molecule has 0 saturated carbocycles. The molecule has 0 saturated heterocycles. The van der Waals surface area contributed by atoms with Crippen molar-refractivity contribution in [3.05, 3.63) is 71.4 Å². The number of nitrogens with zero attached hydrogens (tertiary/aromatic N) is 6. The smallest absolute Gasteiger partial charge is 0.255 e. The number of aliphatic hydroxyl groups excluding tert-OH is 1. The van der Waals surface area contributed by atoms with Crippen molar-refractivity contribution in [2.24, 2.45) is 0 Å². The Kier molecular flexibility index (Phi) is 4.55. The van der Waals surface area contributed by atoms with Crippen molar-refractivity contribution < 1.29 is 9.90 Å². The van der Waals surface area contributed by atoms with Gasteiger partial charge in [-0.1, -0.05) is 18.2 Å². The first-order valence-corrected chi connectivity index (χ1v) is 10.1. The van der Waals surface area contributed by atoms with Gasteiger partial charge in [0.2, 0.25) is 0 Å². The second kappa shape index (κ2) is 7.38. The van der Waals surface area contributed by atoms with Crippen LogP contribution in [0.15, 0.2) is 48.9 Å². The standard InChI is InChI=1S/C22H22N6O2/c1-2-28-20-8-9-26(12-17(20)19(13-29)25-28)22(30)15-10-18-21(23-11-15)27(14-24-18)16-6-4-3-5-7-16/h3-7,10-11,14,29H,2,8-9,12-13H2,1H3. The minimum Gasteiger partial charge on any atom is -0.390 e. The molecular formula is C22H22N6O2. The van der Waals surface area contributed by atoms with Gasteiger partial charge in [0, 0.05) is 49.2 Å². The Hall–Kier alpha value is -3.52. The average molecular weight is 402 g/mol. The number of aliphatic hydroxyl groups is 1. The van der Waals surface area contributed by atoms with Gasteiger partial charge in [-0.05, 0) is 25.1 Å². The summed E-state index contributed by atoms with van der Waals surface area (Å²) in [6.45, 7) is 3.71. The molecule has 0 radical (unpaired) electrons. The number of aryl methyl sites for hydroxylation is 1. The number of hydrogen-bond acceptors (Lipinski definition) is 5. The lowest BCUT2D eigenvalue weighted by molar-refractivity contribution is 0.0731. The molecule has 4 heterocycles. The zero-order valence-electron chi connectivity index (χ0n) is 16.7. The molecule has 0 bridgehead atoms. The minimum atomic E-state index is -0.123. The number of hydrogen-bond donors (Lipinski definition) is 1. The molecule has 152 valence electrons. The Labute approximate surface area is 173 Å². The number of benzene rings is 1. The highest BCUT2D eigenvalue weighted by Crippen LogP contribution is 2.25. The number of fused-ring (bicyclic) bond motifs is 2. The van der Waals surface area contributed by atoms with Crippen molar-refractivity contribution in [3.8, 4) is 5.69 Å². The minimum absolute atomic E-state index is 0.0857. The van der Waals surface area contributed by atoms with Crippen LogP contribution in [-0.4, -0.2) is 46.8 Å². The summed E-state index contributed by atoms with van der Waals surface area (Å²) >= 11 is 0. The number of amides is 1. The van der Waals surface area contributed by atoms with E-state index in [0.717, 1.165) is 29.9 Å². The second-order valence-corrected chi connectivity index (χ2v) is 7.34. The summed E-state index contributed by atoms with van der Waals surface area (Å²) in [6.07, 6.45) is 4.06. The molecule has 0 unspecified atom stereocenters. The summed E-state index contributed by atoms with van der Waals surface area (Å²) in [5.74, 6) is -0.0857. The van der Waals surface area contributed by atoms with Crippen LogP contribution >= 0.6 is 0 Å². The first-order chi connectivity index (χ1) is 14.7. The molecule has 0 atom stereocenters. The third kappa shape index (κ3) is 2.96. The van der Waals surface area contributed by atoms with Crippen molar-refractivity contribution >= 4 is 17.1 Å². The molecule has 4 aromatic rings. The highest BCUT2D eigenvalue weighted by Gasteiger charge is 2.28. The van der Waals surface area contributed by atoms with Crippen molar-refractivity contribution in [1.29, 1.82) is 0 Å². The summed E-state index contributed by atoms with van der Waals surface area (Å²) in [6, 6.07) is 11.7. The molecule has 1 amide bonds. The van der Waals surface area contributed by atoms with Gasteiger partial charge >= 0.3 is 0 Å². The molecule has 1 N–H and O–H groups in total. The topological polar surface area (TPSA) is 89.1 Å². The summed E-state index contributed by atoms with van der Waals surface area (Å²) in [7, 11) is 0. The Morgan fingerprint density at radius 2 is 2.03 bits per heavy atom. The van der Waals surface area contributed by atoms with Crippen molar-refractivity contribution in [1.82, 2.24) is 29.2 Å². The predicted octanol–water partition coefficient (Wildman–Crippen LogP) is 2.33. The van der Waals surface area contributed by atoms with Crippen molar-refractivity contribution in [2.75, 3.05) is 6.54 Å². The molecule has 0 fully saturated rings. The summed E-state index contributed by atoms with van der Waals surface area (Å²) in [4.78, 5) is 23.9. The van der Waals surface area contributed by atoms with E-state index in [2.05, 4.69) is 15.1 Å². The van der Waals surface area contributed by atoms with E-state index < -0.39 is 0 Å². The fraction of sp³-hybridized carbons (Fsp3) is 0.273. The Bertz CT molecular complexity index is 1230. The van der Waals surface area contributed by atoms with Gasteiger partial charge < -0.3 is 10.0 Å². The van der Waals surface area contributed by atoms with Gasteiger partial charge in [-0.25, -0.2) is 9.97 Å². The molecule has 5 rings (SSSR count). The Balaban J connectivity index is 1.44. The van der Waals surface area contributed by atoms with Gasteiger partial charge in [0.05, 0.1) is 17.9 Å². The SMILES string of the molecule is CCn1nc(CO)c2c1CCN(C(=O)c1cnc3c(c1)ncn3-c1ccccc1)C2. The van der Waals surface area contributed by atoms with Gasteiger partial charge in [-0.2, -0.15) is 5.10 Å². The zero-order valence-corrected chi connectivity index (χ0v) is 16.7. The molecule has 1 aliphatic heterocycles. The van der Waals surface area contributed by atoms with Gasteiger partial charge in [0.15, 0.2) is 5.65 Å². The summed E-state index contributed by atoms with van der Waals surface area (Å²) in [5, 5.41) is 14.1. The van der Waals surface area contributed by atoms with Gasteiger partial charge in [0.1, 0.15) is 11.8 Å². The molecule has 8 nitrogen and oxygen atoms in total. The maximum atomic E-state index is 13.2. The highest BCUT2D eigenvalue weighted by molar-refractivity contribution is 5.96. The second-order valence-electron chi connectivity index (χ2n) is 7.34. The number of para-hydroxylation sites is 1. The molecule has 3 aromatic heterocycles. The van der Waals surface area contributed by atoms with Crippen molar-refractivity contribution in [3.63, 3.8) is 0 Å². The lowest BCUT2D eigenvalue weighted by Gasteiger charge is -2.28. The van der Waals surface area contributed by atoms with Crippen LogP contribution in [-0.2, 0) is 26.1 Å². The third-order valence-electron chi connectivity index (χ3n) is 5.62. The van der Waals surface area contributed by atoms with Crippen LogP contribution in [0.1, 0.15) is 34.2 Å². The van der Waals surface area contributed by atoms with Crippen molar-refractivity contribution in [2.45, 2.75) is 33.0 Å². The van der Waals surface area contributed by atoms with E-state index in [9.17, 15) is 9.90 Å². The van der Waals surface area contributed by atoms with Crippen LogP contribution in [0, 0.1) is 0 Å². The van der Waals surface area contributed by atoms with Gasteiger partial charge in [-0.3, -0.25) is 14.0 Å². The first-order valence-electron chi connectivity index (χ1n) is 10.1. The summed E-state index contributed by atoms with van der Waals surface area (Å²) in [5.41, 5.74) is 5.60. The molecular weight excluding hydrogens is 380 g/mol. The lowest BCUT2D eigenvalue weighted by Crippen LogP contribution is -2.36. The molecule has 1 aromatic carbocycles. The average Bonchev–Trinajstić information content (AvgIpc) is 3.39. The van der Waals surface area contributed by atoms with Gasteiger partial charge in [0.25, 0.3) is 5.91 Å². The number of carbonyl (C=O) groups is 1. The zero-order chi connectivity index (χ0) is 20.7. The number of aromatic nitrogens is 5. The monoisotopic (exact) mass is 402 g/mol. The van der Waals surface area contributed by atoms with Crippen LogP contribution in [0.3, 0.4) is 0 Å². The molecule has 0 spiro atoms. The number of pyridine rings is 1. The largest absolute Gasteiger partial charge is 0.390 e. The first kappa shape index (κ1) is 18.5. The fourth-order valence-corrected chi connectivity index (χ4v) is 4.10. The Morgan fingerprint density at radius 3 is 2.80 bits per heavy atom. The lowest BCUT2D eigenvalue weighted by atomic mass is 10.0. The van der Waals surface area contributed by atoms with E-state index >= 15 is 0 Å². The maximum Gasteiger partial charge on any atom is 0.255 e. The summed E-state index contributed by atoms with van der Waals surface area (Å²) < 4.78 is 3.83. The van der Waals surface area contributed by atoms with E-state index in [1.165, 1.54) is 0 Å². The number of rotatable bonds is 4. The van der Waals surface area contributed by atoms with Crippen LogP contribution in [0.4, 0.5) is 0 Å². The van der Waals surface area contributed by atoms with E-state index in [0.29, 0.717) is 35.5 Å². The van der Waals surface area contributed by atoms with Crippen LogP contribution in [0.5, 0.6) is 0 Å². The van der Waals surface area contributed by atoms with Gasteiger partial charge in [-0.15, -0.1) is 0 Å². The predicted molar refractivity (Wildman–Crippen MR) is 111 cm³/mol. The van der Waals surface area contributed by atoms with Crippen LogP contribution in [0.25, 0.3) is 16.9 Å². The molecule has 0 aliphatic carbocycles. The van der Waals surface area contributed by atoms with E-state index in [1.54, 1.807) is 23.5 Å². The van der Waals surface area contributed by atoms with Crippen LogP contribution < -0.4 is 0 Å². The van der Waals surface area contributed by atoms with E-state index in [4.69, 9.17) is 0 Å². The molecule has 30 heavy (non-hydrogen) atoms. The number of imidazole rings is 1. The molecule has 8 heteroatoms. The highest BCUT2D eigenvalue weighted by atomic mass is 16.3. The van der Waals surface area contributed by atoms with E-state index in [-0.39, 0.29) is 12.5 Å².